The van der Waals surface area contributed by atoms with Gasteiger partial charge in [-0.15, -0.1) is 0 Å². The molecule has 0 aliphatic carbocycles. The summed E-state index contributed by atoms with van der Waals surface area (Å²) < 4.78 is 12.6. The second-order valence-corrected chi connectivity index (χ2v) is 8.52. The van der Waals surface area contributed by atoms with E-state index in [9.17, 15) is 4.79 Å². The van der Waals surface area contributed by atoms with Crippen molar-refractivity contribution >= 4 is 44.2 Å². The Hall–Kier alpha value is -3.38. The molecule has 0 aliphatic heterocycles. The van der Waals surface area contributed by atoms with E-state index in [1.54, 1.807) is 25.5 Å². The molecule has 5 nitrogen and oxygen atoms in total. The molecule has 4 aromatic rings. The predicted molar refractivity (Wildman–Crippen MR) is 132 cm³/mol. The zero-order valence-electron chi connectivity index (χ0n) is 18.3. The van der Waals surface area contributed by atoms with Crippen LogP contribution >= 0.6 is 15.9 Å². The quantitative estimate of drug-likeness (QED) is 0.308. The highest BCUT2D eigenvalue weighted by Crippen LogP contribution is 2.40. The molecule has 2 aromatic carbocycles. The first-order chi connectivity index (χ1) is 15.4. The first-order valence-electron chi connectivity index (χ1n) is 10.2. The van der Waals surface area contributed by atoms with E-state index in [-0.39, 0.29) is 5.91 Å². The van der Waals surface area contributed by atoms with Gasteiger partial charge in [0.25, 0.3) is 0 Å². The lowest BCUT2D eigenvalue weighted by Gasteiger charge is -2.13. The molecule has 1 N–H and O–H groups in total. The average Bonchev–Trinajstić information content (AvgIpc) is 3.18. The van der Waals surface area contributed by atoms with Gasteiger partial charge in [-0.2, -0.15) is 0 Å². The van der Waals surface area contributed by atoms with Gasteiger partial charge in [0.1, 0.15) is 17.2 Å². The molecule has 1 amide bonds. The summed E-state index contributed by atoms with van der Waals surface area (Å²) in [6, 6.07) is 15.6. The summed E-state index contributed by atoms with van der Waals surface area (Å²) in [6.07, 6.45) is 3.32. The number of allylic oxidation sites excluding steroid dienone is 1. The van der Waals surface area contributed by atoms with Gasteiger partial charge in [0.05, 0.1) is 13.4 Å². The number of fused-ring (bicyclic) bond motifs is 1. The lowest BCUT2D eigenvalue weighted by Crippen LogP contribution is -2.10. The number of benzene rings is 2. The molecule has 6 heteroatoms. The van der Waals surface area contributed by atoms with Crippen LogP contribution in [0.5, 0.6) is 5.75 Å². The molecule has 0 bridgehead atoms. The fraction of sp³-hybridized carbons (Fsp3) is 0.154. The van der Waals surface area contributed by atoms with Crippen molar-refractivity contribution in [2.45, 2.75) is 20.8 Å². The topological polar surface area (TPSA) is 64.4 Å². The predicted octanol–water partition coefficient (Wildman–Crippen LogP) is 6.92. The van der Waals surface area contributed by atoms with Gasteiger partial charge in [-0.3, -0.25) is 4.79 Å². The van der Waals surface area contributed by atoms with Gasteiger partial charge >= 0.3 is 0 Å². The number of hydrogen-bond acceptors (Lipinski definition) is 4. The van der Waals surface area contributed by atoms with Gasteiger partial charge in [-0.1, -0.05) is 34.1 Å². The number of anilines is 1. The van der Waals surface area contributed by atoms with E-state index >= 15 is 0 Å². The van der Waals surface area contributed by atoms with Gasteiger partial charge in [0, 0.05) is 38.3 Å². The van der Waals surface area contributed by atoms with Crippen molar-refractivity contribution in [1.29, 1.82) is 0 Å². The molecule has 162 valence electrons. The van der Waals surface area contributed by atoms with Crippen molar-refractivity contribution in [3.05, 3.63) is 82.2 Å². The number of carbonyl (C=O) groups is 1. The maximum absolute atomic E-state index is 12.6. The summed E-state index contributed by atoms with van der Waals surface area (Å²) in [6.45, 7) is 5.74. The number of halogens is 1. The fourth-order valence-electron chi connectivity index (χ4n) is 3.80. The van der Waals surface area contributed by atoms with Crippen LogP contribution in [0.2, 0.25) is 0 Å². The van der Waals surface area contributed by atoms with E-state index in [1.807, 2.05) is 57.2 Å². The highest BCUT2D eigenvalue weighted by molar-refractivity contribution is 9.10. The highest BCUT2D eigenvalue weighted by atomic mass is 79.9. The molecule has 0 aliphatic rings. The largest absolute Gasteiger partial charge is 0.496 e. The molecular formula is C26H23BrN2O3. The van der Waals surface area contributed by atoms with E-state index in [4.69, 9.17) is 9.15 Å². The van der Waals surface area contributed by atoms with Crippen LogP contribution in [0.15, 0.2) is 69.8 Å². The number of aryl methyl sites for hydroxylation is 2. The van der Waals surface area contributed by atoms with Crippen LogP contribution in [0.25, 0.3) is 27.7 Å². The molecule has 2 heterocycles. The van der Waals surface area contributed by atoms with Crippen LogP contribution in [0.1, 0.15) is 23.7 Å². The number of methoxy groups -OCH3 is 1. The number of furan rings is 1. The number of nitrogens with one attached hydrogen (secondary N) is 1. The number of aromatic nitrogens is 1. The molecule has 0 fully saturated rings. The molecule has 32 heavy (non-hydrogen) atoms. The van der Waals surface area contributed by atoms with Gasteiger partial charge in [0.2, 0.25) is 5.91 Å². The number of nitrogens with zero attached hydrogens (tertiary/aromatic N) is 1. The Bertz CT molecular complexity index is 1350. The third kappa shape index (κ3) is 4.32. The fourth-order valence-corrected chi connectivity index (χ4v) is 4.20. The molecular weight excluding hydrogens is 468 g/mol. The minimum absolute atomic E-state index is 0.250. The van der Waals surface area contributed by atoms with Crippen molar-refractivity contribution in [3.8, 4) is 16.9 Å². The summed E-state index contributed by atoms with van der Waals surface area (Å²) in [5.74, 6) is 0.951. The molecule has 0 spiro atoms. The third-order valence-corrected chi connectivity index (χ3v) is 5.79. The van der Waals surface area contributed by atoms with Crippen molar-refractivity contribution in [2.75, 3.05) is 12.4 Å². The molecule has 0 saturated heterocycles. The van der Waals surface area contributed by atoms with Crippen molar-refractivity contribution in [1.82, 2.24) is 4.98 Å². The highest BCUT2D eigenvalue weighted by Gasteiger charge is 2.19. The van der Waals surface area contributed by atoms with E-state index in [0.29, 0.717) is 11.6 Å². The van der Waals surface area contributed by atoms with Crippen LogP contribution in [0.3, 0.4) is 0 Å². The first-order valence-corrected chi connectivity index (χ1v) is 10.9. The van der Waals surface area contributed by atoms with Gasteiger partial charge in [-0.05, 0) is 62.2 Å². The van der Waals surface area contributed by atoms with E-state index in [2.05, 4.69) is 32.3 Å². The molecule has 0 radical (unpaired) electrons. The number of hydrogen-bond donors (Lipinski definition) is 1. The lowest BCUT2D eigenvalue weighted by atomic mass is 9.96. The second-order valence-electron chi connectivity index (χ2n) is 7.60. The van der Waals surface area contributed by atoms with Gasteiger partial charge in [0.15, 0.2) is 0 Å². The number of pyridine rings is 1. The van der Waals surface area contributed by atoms with E-state index in [1.165, 1.54) is 0 Å². The summed E-state index contributed by atoms with van der Waals surface area (Å²) in [5.41, 5.74) is 6.12. The van der Waals surface area contributed by atoms with Crippen molar-refractivity contribution < 1.29 is 13.9 Å². The lowest BCUT2D eigenvalue weighted by molar-refractivity contribution is -0.111. The minimum atomic E-state index is -0.250. The van der Waals surface area contributed by atoms with Crippen molar-refractivity contribution in [3.63, 3.8) is 0 Å². The summed E-state index contributed by atoms with van der Waals surface area (Å²) >= 11 is 3.54. The Morgan fingerprint density at radius 1 is 1.16 bits per heavy atom. The maximum Gasteiger partial charge on any atom is 0.249 e. The van der Waals surface area contributed by atoms with Crippen LogP contribution in [-0.4, -0.2) is 18.0 Å². The van der Waals surface area contributed by atoms with Crippen LogP contribution in [-0.2, 0) is 4.79 Å². The second kappa shape index (κ2) is 9.01. The normalized spacial score (nSPS) is 11.6. The maximum atomic E-state index is 12.6. The molecule has 0 saturated carbocycles. The molecule has 4 rings (SSSR count). The molecule has 0 atom stereocenters. The number of carbonyl (C=O) groups excluding carboxylic acids is 1. The van der Waals surface area contributed by atoms with Crippen LogP contribution < -0.4 is 10.1 Å². The van der Waals surface area contributed by atoms with Gasteiger partial charge < -0.3 is 14.5 Å². The zero-order chi connectivity index (χ0) is 22.8. The van der Waals surface area contributed by atoms with Crippen LogP contribution in [0, 0.1) is 13.8 Å². The Labute approximate surface area is 195 Å². The van der Waals surface area contributed by atoms with E-state index in [0.717, 1.165) is 49.0 Å². The monoisotopic (exact) mass is 490 g/mol. The summed E-state index contributed by atoms with van der Waals surface area (Å²) in [4.78, 5) is 17.0. The smallest absolute Gasteiger partial charge is 0.249 e. The minimum Gasteiger partial charge on any atom is -0.496 e. The third-order valence-electron chi connectivity index (χ3n) is 5.30. The van der Waals surface area contributed by atoms with Gasteiger partial charge in [-0.25, -0.2) is 4.98 Å². The summed E-state index contributed by atoms with van der Waals surface area (Å²) in [5, 5.41) is 3.78. The number of rotatable bonds is 5. The Morgan fingerprint density at radius 2 is 1.94 bits per heavy atom. The Balaban J connectivity index is 1.77. The molecule has 0 unspecified atom stereocenters. The average molecular weight is 491 g/mol. The SMILES string of the molecule is COc1c(/C(C)=C/C(=O)Nc2cccc(C)n2)cc2c(-c3cccc(Br)c3)coc2c1C. The number of ether oxygens (including phenoxy) is 1. The zero-order valence-corrected chi connectivity index (χ0v) is 19.9. The standard InChI is InChI=1S/C26H23BrN2O3/c1-15(11-24(30)29-23-10-5-7-16(2)28-23)20-13-21-22(18-8-6-9-19(27)12-18)14-32-26(21)17(3)25(20)31-4/h5-14H,1-4H3,(H,28,29,30)/b15-11+. The van der Waals surface area contributed by atoms with E-state index < -0.39 is 0 Å². The Morgan fingerprint density at radius 3 is 2.66 bits per heavy atom. The summed E-state index contributed by atoms with van der Waals surface area (Å²) in [7, 11) is 1.62. The van der Waals surface area contributed by atoms with Crippen molar-refractivity contribution in [2.24, 2.45) is 0 Å². The Kier molecular flexibility index (Phi) is 6.15. The first kappa shape index (κ1) is 21.8. The molecule has 2 aromatic heterocycles. The number of amides is 1. The van der Waals surface area contributed by atoms with Crippen LogP contribution in [0.4, 0.5) is 5.82 Å².